The lowest BCUT2D eigenvalue weighted by Crippen LogP contribution is -2.27. The van der Waals surface area contributed by atoms with Gasteiger partial charge in [0.2, 0.25) is 5.76 Å². The number of carbonyl (C=O) groups excluding carboxylic acids is 1. The van der Waals surface area contributed by atoms with Crippen LogP contribution in [0.15, 0.2) is 41.3 Å². The molecule has 0 aliphatic carbocycles. The molecule has 0 spiro atoms. The van der Waals surface area contributed by atoms with E-state index in [4.69, 9.17) is 4.52 Å². The van der Waals surface area contributed by atoms with Gasteiger partial charge in [-0.25, -0.2) is 9.97 Å². The monoisotopic (exact) mass is 351 g/mol. The van der Waals surface area contributed by atoms with Crippen LogP contribution < -0.4 is 5.32 Å². The normalized spacial score (nSPS) is 12.2. The van der Waals surface area contributed by atoms with Gasteiger partial charge in [-0.2, -0.15) is 0 Å². The van der Waals surface area contributed by atoms with Crippen molar-refractivity contribution >= 4 is 5.91 Å². The van der Waals surface area contributed by atoms with Crippen LogP contribution in [0, 0.1) is 6.92 Å². The van der Waals surface area contributed by atoms with Crippen LogP contribution in [-0.4, -0.2) is 26.0 Å². The maximum atomic E-state index is 12.4. The Hall–Kier alpha value is -3.09. The highest BCUT2D eigenvalue weighted by molar-refractivity contribution is 5.91. The number of pyridine rings is 1. The van der Waals surface area contributed by atoms with Crippen LogP contribution in [0.3, 0.4) is 0 Å². The fraction of sp³-hybridized carbons (Fsp3) is 0.316. The molecule has 3 heterocycles. The minimum atomic E-state index is -0.311. The summed E-state index contributed by atoms with van der Waals surface area (Å²) in [4.78, 5) is 25.3. The molecule has 0 aliphatic heterocycles. The first-order valence-corrected chi connectivity index (χ1v) is 8.47. The first-order chi connectivity index (χ1) is 12.5. The summed E-state index contributed by atoms with van der Waals surface area (Å²) in [7, 11) is 0. The second kappa shape index (κ2) is 7.43. The maximum Gasteiger partial charge on any atom is 0.290 e. The van der Waals surface area contributed by atoms with Crippen LogP contribution in [0.2, 0.25) is 0 Å². The Morgan fingerprint density at radius 2 is 1.92 bits per heavy atom. The largest absolute Gasteiger partial charge is 0.351 e. The van der Waals surface area contributed by atoms with Crippen LogP contribution >= 0.6 is 0 Å². The van der Waals surface area contributed by atoms with Crippen LogP contribution in [0.5, 0.6) is 0 Å². The highest BCUT2D eigenvalue weighted by atomic mass is 16.5. The van der Waals surface area contributed by atoms with Crippen molar-refractivity contribution in [2.75, 3.05) is 0 Å². The fourth-order valence-corrected chi connectivity index (χ4v) is 2.56. The van der Waals surface area contributed by atoms with E-state index in [1.54, 1.807) is 24.7 Å². The quantitative estimate of drug-likeness (QED) is 0.756. The molecule has 0 fully saturated rings. The predicted octanol–water partition coefficient (Wildman–Crippen LogP) is 3.45. The topological polar surface area (TPSA) is 93.8 Å². The van der Waals surface area contributed by atoms with Gasteiger partial charge in [-0.15, -0.1) is 0 Å². The van der Waals surface area contributed by atoms with Crippen molar-refractivity contribution in [3.8, 4) is 11.4 Å². The lowest BCUT2D eigenvalue weighted by atomic mass is 10.1. The number of carbonyl (C=O) groups is 1. The molecule has 1 atom stereocenters. The van der Waals surface area contributed by atoms with E-state index in [-0.39, 0.29) is 23.6 Å². The molecule has 0 aliphatic rings. The summed E-state index contributed by atoms with van der Waals surface area (Å²) in [5.74, 6) is 0.722. The molecule has 3 aromatic heterocycles. The molecule has 3 rings (SSSR count). The zero-order valence-electron chi connectivity index (χ0n) is 15.2. The third-order valence-electron chi connectivity index (χ3n) is 4.11. The van der Waals surface area contributed by atoms with Crippen LogP contribution in [-0.2, 0) is 0 Å². The standard InChI is InChI=1S/C19H21N5O2/c1-11(2)16-9-17(26-24-16)19(25)23-13(4)15-10-21-18(22-12(15)3)14-5-7-20-8-6-14/h5-11,13H,1-4H3,(H,23,25). The molecule has 0 radical (unpaired) electrons. The Bertz CT molecular complexity index is 905. The summed E-state index contributed by atoms with van der Waals surface area (Å²) >= 11 is 0. The second-order valence-corrected chi connectivity index (χ2v) is 6.44. The summed E-state index contributed by atoms with van der Waals surface area (Å²) < 4.78 is 5.13. The molecule has 0 saturated carbocycles. The molecule has 1 N–H and O–H groups in total. The third kappa shape index (κ3) is 3.77. The molecule has 7 nitrogen and oxygen atoms in total. The molecule has 1 unspecified atom stereocenters. The SMILES string of the molecule is Cc1nc(-c2ccncc2)ncc1C(C)NC(=O)c1cc(C(C)C)no1. The molecule has 1 amide bonds. The molecule has 0 aromatic carbocycles. The second-order valence-electron chi connectivity index (χ2n) is 6.44. The Balaban J connectivity index is 1.75. The molecular formula is C19H21N5O2. The summed E-state index contributed by atoms with van der Waals surface area (Å²) in [5, 5.41) is 6.82. The number of hydrogen-bond acceptors (Lipinski definition) is 6. The van der Waals surface area contributed by atoms with Crippen molar-refractivity contribution < 1.29 is 9.32 Å². The lowest BCUT2D eigenvalue weighted by Gasteiger charge is -2.15. The van der Waals surface area contributed by atoms with Crippen molar-refractivity contribution in [1.29, 1.82) is 0 Å². The number of nitrogens with one attached hydrogen (secondary N) is 1. The van der Waals surface area contributed by atoms with E-state index in [0.29, 0.717) is 5.82 Å². The van der Waals surface area contributed by atoms with E-state index in [1.165, 1.54) is 0 Å². The number of rotatable bonds is 5. The van der Waals surface area contributed by atoms with E-state index in [2.05, 4.69) is 25.4 Å². The van der Waals surface area contributed by atoms with Crippen LogP contribution in [0.4, 0.5) is 0 Å². The first kappa shape index (κ1) is 17.7. The van der Waals surface area contributed by atoms with E-state index in [9.17, 15) is 4.79 Å². The molecule has 26 heavy (non-hydrogen) atoms. The van der Waals surface area contributed by atoms with Gasteiger partial charge in [-0.05, 0) is 31.9 Å². The maximum absolute atomic E-state index is 12.4. The molecule has 0 saturated heterocycles. The Kier molecular flexibility index (Phi) is 5.06. The van der Waals surface area contributed by atoms with Gasteiger partial charge in [-0.3, -0.25) is 9.78 Å². The summed E-state index contributed by atoms with van der Waals surface area (Å²) in [6.45, 7) is 7.77. The fourth-order valence-electron chi connectivity index (χ4n) is 2.56. The van der Waals surface area contributed by atoms with Crippen molar-refractivity contribution in [2.24, 2.45) is 0 Å². The van der Waals surface area contributed by atoms with Gasteiger partial charge < -0.3 is 9.84 Å². The van der Waals surface area contributed by atoms with Gasteiger partial charge in [-0.1, -0.05) is 19.0 Å². The van der Waals surface area contributed by atoms with Crippen LogP contribution in [0.1, 0.15) is 60.2 Å². The number of amides is 1. The van der Waals surface area contributed by atoms with E-state index >= 15 is 0 Å². The molecule has 0 bridgehead atoms. The zero-order chi connectivity index (χ0) is 18.7. The average molecular weight is 351 g/mol. The number of aromatic nitrogens is 4. The molecule has 134 valence electrons. The summed E-state index contributed by atoms with van der Waals surface area (Å²) in [5.41, 5.74) is 3.30. The summed E-state index contributed by atoms with van der Waals surface area (Å²) in [6.07, 6.45) is 5.14. The van der Waals surface area contributed by atoms with Crippen molar-refractivity contribution in [3.05, 3.63) is 59.5 Å². The summed E-state index contributed by atoms with van der Waals surface area (Å²) in [6, 6.07) is 5.12. The lowest BCUT2D eigenvalue weighted by molar-refractivity contribution is 0.0902. The molecule has 7 heteroatoms. The molecular weight excluding hydrogens is 330 g/mol. The van der Waals surface area contributed by atoms with E-state index in [1.807, 2.05) is 39.8 Å². The van der Waals surface area contributed by atoms with Crippen molar-refractivity contribution in [2.45, 2.75) is 39.7 Å². The number of aryl methyl sites for hydroxylation is 1. The Morgan fingerprint density at radius 3 is 2.54 bits per heavy atom. The predicted molar refractivity (Wildman–Crippen MR) is 96.5 cm³/mol. The van der Waals surface area contributed by atoms with Gasteiger partial charge >= 0.3 is 0 Å². The average Bonchev–Trinajstić information content (AvgIpc) is 3.13. The van der Waals surface area contributed by atoms with Crippen molar-refractivity contribution in [3.63, 3.8) is 0 Å². The van der Waals surface area contributed by atoms with E-state index < -0.39 is 0 Å². The number of hydrogen-bond donors (Lipinski definition) is 1. The van der Waals surface area contributed by atoms with Crippen molar-refractivity contribution in [1.82, 2.24) is 25.4 Å². The van der Waals surface area contributed by atoms with Gasteiger partial charge in [0.25, 0.3) is 5.91 Å². The van der Waals surface area contributed by atoms with Gasteiger partial charge in [0.05, 0.1) is 11.7 Å². The number of nitrogens with zero attached hydrogens (tertiary/aromatic N) is 4. The minimum absolute atomic E-state index is 0.201. The van der Waals surface area contributed by atoms with Gasteiger partial charge in [0.1, 0.15) is 0 Å². The van der Waals surface area contributed by atoms with Gasteiger partial charge in [0, 0.05) is 41.5 Å². The smallest absolute Gasteiger partial charge is 0.290 e. The molecule has 3 aromatic rings. The Morgan fingerprint density at radius 1 is 1.19 bits per heavy atom. The van der Waals surface area contributed by atoms with Crippen LogP contribution in [0.25, 0.3) is 11.4 Å². The zero-order valence-corrected chi connectivity index (χ0v) is 15.2. The Labute approximate surface area is 151 Å². The first-order valence-electron chi connectivity index (χ1n) is 8.47. The van der Waals surface area contributed by atoms with E-state index in [0.717, 1.165) is 22.5 Å². The van der Waals surface area contributed by atoms with Gasteiger partial charge in [0.15, 0.2) is 5.82 Å². The highest BCUT2D eigenvalue weighted by Gasteiger charge is 2.19. The minimum Gasteiger partial charge on any atom is -0.351 e. The third-order valence-corrected chi connectivity index (χ3v) is 4.11. The highest BCUT2D eigenvalue weighted by Crippen LogP contribution is 2.20.